The number of aliphatic hydroxyl groups excluding tert-OH is 1. The van der Waals surface area contributed by atoms with Crippen molar-refractivity contribution in [3.8, 4) is 0 Å². The van der Waals surface area contributed by atoms with Crippen LogP contribution in [0.25, 0.3) is 0 Å². The third-order valence-electron chi connectivity index (χ3n) is 3.89. The minimum absolute atomic E-state index is 0.0794. The van der Waals surface area contributed by atoms with Crippen molar-refractivity contribution >= 4 is 11.6 Å². The Balaban J connectivity index is 1.93. The van der Waals surface area contributed by atoms with E-state index in [4.69, 9.17) is 5.41 Å². The van der Waals surface area contributed by atoms with Gasteiger partial charge in [-0.15, -0.1) is 0 Å². The van der Waals surface area contributed by atoms with Crippen molar-refractivity contribution in [3.05, 3.63) is 47.2 Å². The highest BCUT2D eigenvalue weighted by molar-refractivity contribution is 6.19. The molecule has 1 aliphatic rings. The summed E-state index contributed by atoms with van der Waals surface area (Å²) < 4.78 is 0. The lowest BCUT2D eigenvalue weighted by atomic mass is 10.1. The van der Waals surface area contributed by atoms with Crippen molar-refractivity contribution in [3.63, 3.8) is 0 Å². The highest BCUT2D eigenvalue weighted by atomic mass is 16.3. The molecule has 22 heavy (non-hydrogen) atoms. The number of Topliss-reactive ketones (excluding diaryl/α,β-unsaturated/α-hetero) is 1. The molecular weight excluding hydrogens is 278 g/mol. The number of piperazine rings is 1. The maximum absolute atomic E-state index is 11.6. The zero-order chi connectivity index (χ0) is 16.1. The van der Waals surface area contributed by atoms with Crippen molar-refractivity contribution in [1.29, 1.82) is 5.41 Å². The highest BCUT2D eigenvalue weighted by Gasteiger charge is 2.24. The van der Waals surface area contributed by atoms with Crippen LogP contribution in [0.15, 0.2) is 41.7 Å². The molecule has 1 fully saturated rings. The molecule has 0 aromatic heterocycles. The predicted octanol–water partition coefficient (Wildman–Crippen LogP) is 2.20. The maximum Gasteiger partial charge on any atom is 0.166 e. The van der Waals surface area contributed by atoms with E-state index in [0.717, 1.165) is 19.6 Å². The van der Waals surface area contributed by atoms with Crippen LogP contribution in [0, 0.1) is 5.41 Å². The number of nitrogens with zero attached hydrogens (tertiary/aromatic N) is 2. The molecule has 1 heterocycles. The van der Waals surface area contributed by atoms with Gasteiger partial charge in [-0.05, 0) is 19.4 Å². The average molecular weight is 301 g/mol. The second kappa shape index (κ2) is 7.22. The number of aliphatic hydroxyl groups is 1. The summed E-state index contributed by atoms with van der Waals surface area (Å²) in [5, 5.41) is 17.8. The summed E-state index contributed by atoms with van der Waals surface area (Å²) in [5.41, 5.74) is 1.40. The van der Waals surface area contributed by atoms with Crippen molar-refractivity contribution in [2.45, 2.75) is 20.4 Å². The van der Waals surface area contributed by atoms with Crippen LogP contribution in [0.4, 0.5) is 0 Å². The first-order chi connectivity index (χ1) is 10.5. The largest absolute Gasteiger partial charge is 0.512 e. The van der Waals surface area contributed by atoms with Crippen LogP contribution in [0.2, 0.25) is 0 Å². The van der Waals surface area contributed by atoms with Crippen molar-refractivity contribution in [2.24, 2.45) is 0 Å². The molecule has 0 unspecified atom stereocenters. The van der Waals surface area contributed by atoms with E-state index in [2.05, 4.69) is 17.0 Å². The second-order valence-electron chi connectivity index (χ2n) is 5.61. The summed E-state index contributed by atoms with van der Waals surface area (Å²) in [6, 6.07) is 10.3. The van der Waals surface area contributed by atoms with Gasteiger partial charge in [0.15, 0.2) is 5.78 Å². The summed E-state index contributed by atoms with van der Waals surface area (Å²) in [4.78, 5) is 15.8. The third-order valence-corrected chi connectivity index (χ3v) is 3.89. The first-order valence-corrected chi connectivity index (χ1v) is 7.50. The lowest BCUT2D eigenvalue weighted by Gasteiger charge is -2.36. The molecule has 1 aromatic carbocycles. The Kier molecular flexibility index (Phi) is 5.33. The van der Waals surface area contributed by atoms with E-state index in [1.165, 1.54) is 19.4 Å². The lowest BCUT2D eigenvalue weighted by molar-refractivity contribution is -0.113. The summed E-state index contributed by atoms with van der Waals surface area (Å²) in [5.74, 6) is -0.215. The Morgan fingerprint density at radius 1 is 1.14 bits per heavy atom. The maximum atomic E-state index is 11.6. The van der Waals surface area contributed by atoms with E-state index in [1.54, 1.807) is 0 Å². The molecule has 0 radical (unpaired) electrons. The summed E-state index contributed by atoms with van der Waals surface area (Å²) >= 11 is 0. The van der Waals surface area contributed by atoms with Gasteiger partial charge in [0.05, 0.1) is 5.57 Å². The molecule has 0 amide bonds. The molecule has 0 bridgehead atoms. The Hall–Kier alpha value is -2.14. The first kappa shape index (κ1) is 16.2. The number of rotatable bonds is 4. The molecule has 5 nitrogen and oxygen atoms in total. The Morgan fingerprint density at radius 3 is 2.23 bits per heavy atom. The van der Waals surface area contributed by atoms with Gasteiger partial charge >= 0.3 is 0 Å². The fraction of sp³-hybridized carbons (Fsp3) is 0.412. The zero-order valence-corrected chi connectivity index (χ0v) is 13.2. The summed E-state index contributed by atoms with van der Waals surface area (Å²) in [7, 11) is 0. The van der Waals surface area contributed by atoms with Crippen molar-refractivity contribution < 1.29 is 9.90 Å². The summed E-state index contributed by atoms with van der Waals surface area (Å²) in [6.07, 6.45) is 0. The molecular formula is C17H23N3O2. The minimum Gasteiger partial charge on any atom is -0.512 e. The number of hydrogen-bond donors (Lipinski definition) is 2. The van der Waals surface area contributed by atoms with Crippen molar-refractivity contribution in [2.75, 3.05) is 26.2 Å². The number of carbonyl (C=O) groups is 1. The molecule has 1 saturated heterocycles. The monoisotopic (exact) mass is 301 g/mol. The number of amidine groups is 1. The van der Waals surface area contributed by atoms with Gasteiger partial charge in [0.2, 0.25) is 0 Å². The average Bonchev–Trinajstić information content (AvgIpc) is 2.48. The van der Waals surface area contributed by atoms with Gasteiger partial charge < -0.3 is 10.0 Å². The van der Waals surface area contributed by atoms with E-state index in [9.17, 15) is 9.90 Å². The van der Waals surface area contributed by atoms with Crippen LogP contribution >= 0.6 is 0 Å². The fourth-order valence-electron chi connectivity index (χ4n) is 2.72. The molecule has 2 rings (SSSR count). The van der Waals surface area contributed by atoms with Gasteiger partial charge in [-0.25, -0.2) is 0 Å². The Bertz CT molecular complexity index is 569. The van der Waals surface area contributed by atoms with Gasteiger partial charge in [-0.2, -0.15) is 0 Å². The normalized spacial score (nSPS) is 17.1. The molecule has 0 aliphatic carbocycles. The molecule has 0 saturated carbocycles. The number of benzene rings is 1. The van der Waals surface area contributed by atoms with Gasteiger partial charge in [0.1, 0.15) is 11.6 Å². The standard InChI is InChI=1S/C17H23N3O2/c1-13(21)16(14(2)22)17(18)20-10-8-19(9-11-20)12-15-6-4-3-5-7-15/h3-7,18,21H,8-12H2,1-2H3/b16-13-,18-17?. The molecule has 1 aliphatic heterocycles. The van der Waals surface area contributed by atoms with Gasteiger partial charge in [-0.1, -0.05) is 30.3 Å². The molecule has 118 valence electrons. The second-order valence-corrected chi connectivity index (χ2v) is 5.61. The van der Waals surface area contributed by atoms with E-state index in [-0.39, 0.29) is 23.0 Å². The topological polar surface area (TPSA) is 67.6 Å². The van der Waals surface area contributed by atoms with E-state index in [1.807, 2.05) is 23.1 Å². The number of hydrogen-bond acceptors (Lipinski definition) is 4. The number of carbonyl (C=O) groups excluding carboxylic acids is 1. The minimum atomic E-state index is -0.267. The number of allylic oxidation sites excluding steroid dienone is 1. The molecule has 0 spiro atoms. The third kappa shape index (κ3) is 3.95. The quantitative estimate of drug-likeness (QED) is 0.387. The van der Waals surface area contributed by atoms with Crippen LogP contribution in [0.3, 0.4) is 0 Å². The Morgan fingerprint density at radius 2 is 1.73 bits per heavy atom. The molecule has 5 heteroatoms. The zero-order valence-electron chi connectivity index (χ0n) is 13.2. The van der Waals surface area contributed by atoms with Crippen LogP contribution in [0.5, 0.6) is 0 Å². The molecule has 0 atom stereocenters. The predicted molar refractivity (Wildman–Crippen MR) is 87.0 cm³/mol. The van der Waals surface area contributed by atoms with E-state index < -0.39 is 0 Å². The van der Waals surface area contributed by atoms with Gasteiger partial charge in [0.25, 0.3) is 0 Å². The van der Waals surface area contributed by atoms with Crippen LogP contribution < -0.4 is 0 Å². The van der Waals surface area contributed by atoms with Gasteiger partial charge in [0, 0.05) is 32.7 Å². The van der Waals surface area contributed by atoms with E-state index in [0.29, 0.717) is 13.1 Å². The summed E-state index contributed by atoms with van der Waals surface area (Å²) in [6.45, 7) is 6.80. The van der Waals surface area contributed by atoms with E-state index >= 15 is 0 Å². The van der Waals surface area contributed by atoms with Crippen LogP contribution in [-0.2, 0) is 11.3 Å². The molecule has 2 N–H and O–H groups in total. The fourth-order valence-corrected chi connectivity index (χ4v) is 2.72. The van der Waals surface area contributed by atoms with Crippen LogP contribution in [-0.4, -0.2) is 52.7 Å². The lowest BCUT2D eigenvalue weighted by Crippen LogP contribution is -2.49. The number of nitrogens with one attached hydrogen (secondary N) is 1. The highest BCUT2D eigenvalue weighted by Crippen LogP contribution is 2.13. The first-order valence-electron chi connectivity index (χ1n) is 7.50. The SMILES string of the molecule is CC(=O)/C(C(=N)N1CCN(Cc2ccccc2)CC1)=C(\C)O. The molecule has 1 aromatic rings. The smallest absolute Gasteiger partial charge is 0.166 e. The van der Waals surface area contributed by atoms with Crippen LogP contribution in [0.1, 0.15) is 19.4 Å². The van der Waals surface area contributed by atoms with Crippen molar-refractivity contribution in [1.82, 2.24) is 9.80 Å². The van der Waals surface area contributed by atoms with Gasteiger partial charge in [-0.3, -0.25) is 15.1 Å². The Labute approximate surface area is 131 Å². The number of ketones is 1.